The second-order valence-electron chi connectivity index (χ2n) is 6.93. The van der Waals surface area contributed by atoms with Crippen LogP contribution in [0.2, 0.25) is 0 Å². The molecule has 0 radical (unpaired) electrons. The normalized spacial score (nSPS) is 17.1. The summed E-state index contributed by atoms with van der Waals surface area (Å²) in [6.45, 7) is 1.66. The molecule has 29 heavy (non-hydrogen) atoms. The summed E-state index contributed by atoms with van der Waals surface area (Å²) in [5, 5.41) is 5.06. The summed E-state index contributed by atoms with van der Waals surface area (Å²) in [5.74, 6) is -0.813. The first kappa shape index (κ1) is 17.6. The van der Waals surface area contributed by atoms with E-state index in [1.54, 1.807) is 41.3 Å². The molecule has 144 valence electrons. The summed E-state index contributed by atoms with van der Waals surface area (Å²) >= 11 is 1.33. The van der Waals surface area contributed by atoms with Crippen LogP contribution in [0.5, 0.6) is 0 Å². The molecule has 1 aromatic heterocycles. The van der Waals surface area contributed by atoms with Gasteiger partial charge in [0, 0.05) is 16.5 Å². The molecule has 5 rings (SSSR count). The fourth-order valence-electron chi connectivity index (χ4n) is 3.86. The standard InChI is InChI=1S/C21H16N4O3S/c1-12-11-29-21(22-12)23-17(26)10-24-18-13-6-2-3-7-14(13)20(28)25(18)16-9-5-4-8-15(16)19(24)27/h2-9,11,18H,10H2,1H3,(H,22,23,26). The second-order valence-corrected chi connectivity index (χ2v) is 7.79. The second kappa shape index (κ2) is 6.52. The number of carbonyl (C=O) groups is 3. The number of para-hydroxylation sites is 1. The van der Waals surface area contributed by atoms with Crippen molar-refractivity contribution in [3.05, 3.63) is 76.3 Å². The molecule has 2 aliphatic heterocycles. The third-order valence-corrected chi connectivity index (χ3v) is 5.94. The van der Waals surface area contributed by atoms with Crippen molar-refractivity contribution in [2.75, 3.05) is 16.8 Å². The lowest BCUT2D eigenvalue weighted by molar-refractivity contribution is -0.117. The van der Waals surface area contributed by atoms with Gasteiger partial charge in [-0.1, -0.05) is 30.3 Å². The van der Waals surface area contributed by atoms with Crippen LogP contribution in [0.3, 0.4) is 0 Å². The highest BCUT2D eigenvalue weighted by atomic mass is 32.1. The zero-order valence-corrected chi connectivity index (χ0v) is 16.3. The number of amides is 3. The molecule has 3 heterocycles. The number of thiazole rings is 1. The van der Waals surface area contributed by atoms with Crippen LogP contribution in [0, 0.1) is 6.92 Å². The summed E-state index contributed by atoms with van der Waals surface area (Å²) in [5.41, 5.74) is 3.05. The Morgan fingerprint density at radius 2 is 1.79 bits per heavy atom. The van der Waals surface area contributed by atoms with Crippen molar-refractivity contribution in [1.29, 1.82) is 0 Å². The van der Waals surface area contributed by atoms with Gasteiger partial charge in [0.05, 0.1) is 16.9 Å². The van der Waals surface area contributed by atoms with Crippen molar-refractivity contribution in [2.24, 2.45) is 0 Å². The minimum Gasteiger partial charge on any atom is -0.304 e. The fourth-order valence-corrected chi connectivity index (χ4v) is 4.56. The number of nitrogens with one attached hydrogen (secondary N) is 1. The molecule has 3 aromatic rings. The average molecular weight is 404 g/mol. The number of aryl methyl sites for hydroxylation is 1. The van der Waals surface area contributed by atoms with E-state index in [9.17, 15) is 14.4 Å². The number of nitrogens with zero attached hydrogens (tertiary/aromatic N) is 3. The highest BCUT2D eigenvalue weighted by molar-refractivity contribution is 7.13. The van der Waals surface area contributed by atoms with Crippen molar-refractivity contribution in [1.82, 2.24) is 9.88 Å². The van der Waals surface area contributed by atoms with Crippen molar-refractivity contribution in [3.63, 3.8) is 0 Å². The number of rotatable bonds is 3. The number of anilines is 2. The molecule has 7 nitrogen and oxygen atoms in total. The fraction of sp³-hybridized carbons (Fsp3) is 0.143. The van der Waals surface area contributed by atoms with Gasteiger partial charge in [0.25, 0.3) is 11.8 Å². The van der Waals surface area contributed by atoms with Crippen molar-refractivity contribution in [3.8, 4) is 0 Å². The highest BCUT2D eigenvalue weighted by Crippen LogP contribution is 2.44. The van der Waals surface area contributed by atoms with Gasteiger partial charge < -0.3 is 10.2 Å². The quantitative estimate of drug-likeness (QED) is 0.727. The van der Waals surface area contributed by atoms with Gasteiger partial charge in [-0.2, -0.15) is 0 Å². The number of hydrogen-bond acceptors (Lipinski definition) is 5. The molecule has 0 saturated carbocycles. The lowest BCUT2D eigenvalue weighted by Gasteiger charge is -2.40. The Morgan fingerprint density at radius 3 is 2.55 bits per heavy atom. The van der Waals surface area contributed by atoms with Crippen molar-refractivity contribution >= 4 is 39.9 Å². The van der Waals surface area contributed by atoms with Gasteiger partial charge in [-0.05, 0) is 25.1 Å². The van der Waals surface area contributed by atoms with Crippen LogP contribution >= 0.6 is 11.3 Å². The van der Waals surface area contributed by atoms with E-state index in [-0.39, 0.29) is 24.3 Å². The number of aromatic nitrogens is 1. The SMILES string of the molecule is Cc1csc(NC(=O)CN2C(=O)c3ccccc3N3C(=O)c4ccccc4C23)n1. The predicted octanol–water partition coefficient (Wildman–Crippen LogP) is 3.21. The first-order valence-electron chi connectivity index (χ1n) is 9.09. The Morgan fingerprint density at radius 1 is 1.07 bits per heavy atom. The van der Waals surface area contributed by atoms with E-state index in [1.165, 1.54) is 16.2 Å². The van der Waals surface area contributed by atoms with Gasteiger partial charge in [0.1, 0.15) is 12.7 Å². The van der Waals surface area contributed by atoms with Gasteiger partial charge in [0.15, 0.2) is 5.13 Å². The lowest BCUT2D eigenvalue weighted by Crippen LogP contribution is -2.50. The van der Waals surface area contributed by atoms with Crippen LogP contribution in [0.4, 0.5) is 10.8 Å². The molecule has 0 spiro atoms. The van der Waals surface area contributed by atoms with Gasteiger partial charge in [-0.15, -0.1) is 11.3 Å². The monoisotopic (exact) mass is 404 g/mol. The molecular formula is C21H16N4O3S. The molecular weight excluding hydrogens is 388 g/mol. The molecule has 0 bridgehead atoms. The molecule has 8 heteroatoms. The van der Waals surface area contributed by atoms with E-state index < -0.39 is 6.17 Å². The molecule has 0 saturated heterocycles. The Bertz CT molecular complexity index is 1170. The Labute approximate surface area is 170 Å². The van der Waals surface area contributed by atoms with Gasteiger partial charge >= 0.3 is 0 Å². The zero-order chi connectivity index (χ0) is 20.1. The number of fused-ring (bicyclic) bond motifs is 5. The third kappa shape index (κ3) is 2.72. The van der Waals surface area contributed by atoms with Crippen molar-refractivity contribution in [2.45, 2.75) is 13.1 Å². The largest absolute Gasteiger partial charge is 0.304 e. The van der Waals surface area contributed by atoms with E-state index in [4.69, 9.17) is 0 Å². The van der Waals surface area contributed by atoms with Crippen LogP contribution < -0.4 is 10.2 Å². The summed E-state index contributed by atoms with van der Waals surface area (Å²) < 4.78 is 0. The minimum atomic E-state index is -0.648. The summed E-state index contributed by atoms with van der Waals surface area (Å²) in [4.78, 5) is 46.3. The van der Waals surface area contributed by atoms with Gasteiger partial charge in [-0.25, -0.2) is 4.98 Å². The first-order valence-corrected chi connectivity index (χ1v) is 9.97. The smallest absolute Gasteiger partial charge is 0.260 e. The maximum absolute atomic E-state index is 13.3. The Kier molecular flexibility index (Phi) is 3.95. The van der Waals surface area contributed by atoms with Gasteiger partial charge in [0.2, 0.25) is 5.91 Å². The van der Waals surface area contributed by atoms with Crippen LogP contribution in [0.1, 0.15) is 38.1 Å². The third-order valence-electron chi connectivity index (χ3n) is 5.06. The van der Waals surface area contributed by atoms with Gasteiger partial charge in [-0.3, -0.25) is 19.3 Å². The molecule has 1 unspecified atom stereocenters. The van der Waals surface area contributed by atoms with Crippen LogP contribution in [0.25, 0.3) is 0 Å². The van der Waals surface area contributed by atoms with Crippen LogP contribution in [-0.4, -0.2) is 34.2 Å². The predicted molar refractivity (Wildman–Crippen MR) is 109 cm³/mol. The molecule has 3 amide bonds. The molecule has 1 N–H and O–H groups in total. The number of carbonyl (C=O) groups excluding carboxylic acids is 3. The minimum absolute atomic E-state index is 0.175. The molecule has 2 aliphatic rings. The number of hydrogen-bond donors (Lipinski definition) is 1. The van der Waals surface area contributed by atoms with Crippen LogP contribution in [-0.2, 0) is 4.79 Å². The zero-order valence-electron chi connectivity index (χ0n) is 15.5. The maximum Gasteiger partial charge on any atom is 0.260 e. The van der Waals surface area contributed by atoms with E-state index in [0.717, 1.165) is 11.3 Å². The van der Waals surface area contributed by atoms with Crippen LogP contribution in [0.15, 0.2) is 53.9 Å². The van der Waals surface area contributed by atoms with Crippen molar-refractivity contribution < 1.29 is 14.4 Å². The van der Waals surface area contributed by atoms with E-state index >= 15 is 0 Å². The van der Waals surface area contributed by atoms with E-state index in [2.05, 4.69) is 10.3 Å². The topological polar surface area (TPSA) is 82.6 Å². The lowest BCUT2D eigenvalue weighted by atomic mass is 10.0. The highest BCUT2D eigenvalue weighted by Gasteiger charge is 2.48. The molecule has 2 aromatic carbocycles. The van der Waals surface area contributed by atoms with E-state index in [0.29, 0.717) is 21.9 Å². The molecule has 0 fully saturated rings. The Hall–Kier alpha value is -3.52. The maximum atomic E-state index is 13.3. The summed E-state index contributed by atoms with van der Waals surface area (Å²) in [6.07, 6.45) is -0.648. The Balaban J connectivity index is 1.55. The molecule has 1 atom stereocenters. The molecule has 0 aliphatic carbocycles. The first-order chi connectivity index (χ1) is 14.0. The summed E-state index contributed by atoms with van der Waals surface area (Å²) in [7, 11) is 0. The average Bonchev–Trinajstić information content (AvgIpc) is 3.26. The van der Waals surface area contributed by atoms with E-state index in [1.807, 2.05) is 24.4 Å². The number of benzene rings is 2. The summed E-state index contributed by atoms with van der Waals surface area (Å²) in [6, 6.07) is 14.2.